The van der Waals surface area contributed by atoms with Crippen molar-refractivity contribution in [2.24, 2.45) is 5.92 Å². The Hall–Kier alpha value is -2.41. The standard InChI is InChI=1S/C17H19FN2O3S/c1-12(2)11-19-17(21)13-4-3-5-16(10-13)24(22,23)20-15-8-6-14(18)7-9-15/h3-10,12,20H,11H2,1-2H3,(H,19,21). The van der Waals surface area contributed by atoms with E-state index in [0.717, 1.165) is 12.1 Å². The lowest BCUT2D eigenvalue weighted by Crippen LogP contribution is -2.27. The van der Waals surface area contributed by atoms with E-state index in [1.54, 1.807) is 6.07 Å². The summed E-state index contributed by atoms with van der Waals surface area (Å²) in [4.78, 5) is 12.0. The number of anilines is 1. The predicted octanol–water partition coefficient (Wildman–Crippen LogP) is 3.01. The molecule has 2 aromatic carbocycles. The minimum Gasteiger partial charge on any atom is -0.352 e. The van der Waals surface area contributed by atoms with Crippen molar-refractivity contribution >= 4 is 21.6 Å². The van der Waals surface area contributed by atoms with Crippen molar-refractivity contribution in [2.45, 2.75) is 18.7 Å². The number of sulfonamides is 1. The van der Waals surface area contributed by atoms with Gasteiger partial charge in [0.15, 0.2) is 0 Å². The molecule has 2 rings (SSSR count). The molecule has 0 aromatic heterocycles. The summed E-state index contributed by atoms with van der Waals surface area (Å²) in [5, 5.41) is 2.74. The fourth-order valence-electron chi connectivity index (χ4n) is 1.94. The van der Waals surface area contributed by atoms with E-state index in [1.807, 2.05) is 13.8 Å². The highest BCUT2D eigenvalue weighted by Crippen LogP contribution is 2.17. The number of rotatable bonds is 6. The highest BCUT2D eigenvalue weighted by atomic mass is 32.2. The highest BCUT2D eigenvalue weighted by molar-refractivity contribution is 7.92. The van der Waals surface area contributed by atoms with E-state index in [9.17, 15) is 17.6 Å². The van der Waals surface area contributed by atoms with E-state index >= 15 is 0 Å². The molecule has 0 aliphatic carbocycles. The minimum absolute atomic E-state index is 0.0379. The molecule has 7 heteroatoms. The Kier molecular flexibility index (Phi) is 5.56. The first-order chi connectivity index (χ1) is 11.3. The van der Waals surface area contributed by atoms with E-state index < -0.39 is 15.8 Å². The second-order valence-electron chi connectivity index (χ2n) is 5.74. The summed E-state index contributed by atoms with van der Waals surface area (Å²) in [7, 11) is -3.87. The minimum atomic E-state index is -3.87. The van der Waals surface area contributed by atoms with E-state index in [2.05, 4.69) is 10.0 Å². The van der Waals surface area contributed by atoms with Gasteiger partial charge in [0, 0.05) is 17.8 Å². The number of nitrogens with one attached hydrogen (secondary N) is 2. The monoisotopic (exact) mass is 350 g/mol. The lowest BCUT2D eigenvalue weighted by molar-refractivity contribution is 0.0949. The van der Waals surface area contributed by atoms with Crippen LogP contribution in [0.4, 0.5) is 10.1 Å². The highest BCUT2D eigenvalue weighted by Gasteiger charge is 2.16. The molecule has 0 aliphatic rings. The Morgan fingerprint density at radius 2 is 1.79 bits per heavy atom. The molecule has 5 nitrogen and oxygen atoms in total. The van der Waals surface area contributed by atoms with Crippen LogP contribution in [0.25, 0.3) is 0 Å². The van der Waals surface area contributed by atoms with Gasteiger partial charge in [0.25, 0.3) is 15.9 Å². The smallest absolute Gasteiger partial charge is 0.261 e. The number of carbonyl (C=O) groups excluding carboxylic acids is 1. The maximum atomic E-state index is 12.9. The van der Waals surface area contributed by atoms with E-state index in [-0.39, 0.29) is 22.1 Å². The summed E-state index contributed by atoms with van der Waals surface area (Å²) in [6, 6.07) is 10.7. The van der Waals surface area contributed by atoms with Crippen LogP contribution in [-0.2, 0) is 10.0 Å². The number of amides is 1. The SMILES string of the molecule is CC(C)CNC(=O)c1cccc(S(=O)(=O)Nc2ccc(F)cc2)c1. The van der Waals surface area contributed by atoms with Crippen LogP contribution in [0, 0.1) is 11.7 Å². The van der Waals surface area contributed by atoms with Gasteiger partial charge in [-0.05, 0) is 48.4 Å². The molecule has 0 saturated heterocycles. The lowest BCUT2D eigenvalue weighted by Gasteiger charge is -2.10. The molecule has 2 aromatic rings. The molecule has 128 valence electrons. The zero-order valence-electron chi connectivity index (χ0n) is 13.4. The lowest BCUT2D eigenvalue weighted by atomic mass is 10.2. The molecule has 0 atom stereocenters. The Bertz CT molecular complexity index is 818. The topological polar surface area (TPSA) is 75.3 Å². The van der Waals surface area contributed by atoms with E-state index in [0.29, 0.717) is 12.5 Å². The number of hydrogen-bond acceptors (Lipinski definition) is 3. The average molecular weight is 350 g/mol. The van der Waals surface area contributed by atoms with Crippen LogP contribution in [0.3, 0.4) is 0 Å². The Morgan fingerprint density at radius 3 is 2.42 bits per heavy atom. The Morgan fingerprint density at radius 1 is 1.12 bits per heavy atom. The summed E-state index contributed by atoms with van der Waals surface area (Å²) >= 11 is 0. The first-order valence-electron chi connectivity index (χ1n) is 7.44. The molecule has 2 N–H and O–H groups in total. The van der Waals surface area contributed by atoms with Crippen LogP contribution < -0.4 is 10.0 Å². The van der Waals surface area contributed by atoms with Crippen molar-refractivity contribution in [3.05, 3.63) is 59.9 Å². The first-order valence-corrected chi connectivity index (χ1v) is 8.93. The molecule has 0 spiro atoms. The van der Waals surface area contributed by atoms with Crippen LogP contribution in [-0.4, -0.2) is 20.9 Å². The molecular formula is C17H19FN2O3S. The van der Waals surface area contributed by atoms with E-state index in [4.69, 9.17) is 0 Å². The van der Waals surface area contributed by atoms with Crippen LogP contribution in [0.5, 0.6) is 0 Å². The zero-order valence-corrected chi connectivity index (χ0v) is 14.2. The van der Waals surface area contributed by atoms with Crippen molar-refractivity contribution < 1.29 is 17.6 Å². The van der Waals surface area contributed by atoms with Crippen molar-refractivity contribution in [3.63, 3.8) is 0 Å². The molecule has 0 heterocycles. The normalized spacial score (nSPS) is 11.3. The summed E-state index contributed by atoms with van der Waals surface area (Å²) in [6.45, 7) is 4.44. The predicted molar refractivity (Wildman–Crippen MR) is 90.8 cm³/mol. The molecule has 0 aliphatic heterocycles. The van der Waals surface area contributed by atoms with Crippen molar-refractivity contribution in [2.75, 3.05) is 11.3 Å². The van der Waals surface area contributed by atoms with Gasteiger partial charge in [0.1, 0.15) is 5.82 Å². The number of carbonyl (C=O) groups is 1. The van der Waals surface area contributed by atoms with E-state index in [1.165, 1.54) is 30.3 Å². The molecule has 24 heavy (non-hydrogen) atoms. The third-order valence-electron chi connectivity index (χ3n) is 3.17. The molecule has 0 unspecified atom stereocenters. The van der Waals surface area contributed by atoms with Gasteiger partial charge >= 0.3 is 0 Å². The van der Waals surface area contributed by atoms with Crippen LogP contribution >= 0.6 is 0 Å². The molecule has 1 amide bonds. The Balaban J connectivity index is 2.20. The maximum absolute atomic E-state index is 12.9. The molecule has 0 radical (unpaired) electrons. The number of halogens is 1. The van der Waals surface area contributed by atoms with Gasteiger partial charge < -0.3 is 5.32 Å². The number of hydrogen-bond donors (Lipinski definition) is 2. The second kappa shape index (κ2) is 7.44. The van der Waals surface area contributed by atoms with Gasteiger partial charge in [-0.15, -0.1) is 0 Å². The quantitative estimate of drug-likeness (QED) is 0.841. The summed E-state index contributed by atoms with van der Waals surface area (Å²) < 4.78 is 40.0. The van der Waals surface area contributed by atoms with Crippen LogP contribution in [0.15, 0.2) is 53.4 Å². The van der Waals surface area contributed by atoms with Crippen molar-refractivity contribution in [1.29, 1.82) is 0 Å². The average Bonchev–Trinajstić information content (AvgIpc) is 2.54. The first kappa shape index (κ1) is 17.9. The van der Waals surface area contributed by atoms with Gasteiger partial charge in [0.05, 0.1) is 4.90 Å². The molecular weight excluding hydrogens is 331 g/mol. The molecule has 0 bridgehead atoms. The summed E-state index contributed by atoms with van der Waals surface area (Å²) in [5.41, 5.74) is 0.503. The fraction of sp³-hybridized carbons (Fsp3) is 0.235. The number of benzene rings is 2. The molecule has 0 fully saturated rings. The molecule has 0 saturated carbocycles. The van der Waals surface area contributed by atoms with Gasteiger partial charge in [-0.1, -0.05) is 19.9 Å². The second-order valence-corrected chi connectivity index (χ2v) is 7.43. The van der Waals surface area contributed by atoms with Gasteiger partial charge in [0.2, 0.25) is 0 Å². The van der Waals surface area contributed by atoms with Crippen molar-refractivity contribution in [3.8, 4) is 0 Å². The largest absolute Gasteiger partial charge is 0.352 e. The van der Waals surface area contributed by atoms with Crippen LogP contribution in [0.1, 0.15) is 24.2 Å². The summed E-state index contributed by atoms with van der Waals surface area (Å²) in [5.74, 6) is -0.495. The Labute approximate surface area is 141 Å². The third-order valence-corrected chi connectivity index (χ3v) is 4.55. The van der Waals surface area contributed by atoms with Gasteiger partial charge in [-0.25, -0.2) is 12.8 Å². The van der Waals surface area contributed by atoms with Gasteiger partial charge in [-0.2, -0.15) is 0 Å². The third kappa shape index (κ3) is 4.79. The fourth-order valence-corrected chi connectivity index (χ4v) is 3.04. The maximum Gasteiger partial charge on any atom is 0.261 e. The van der Waals surface area contributed by atoms with Crippen LogP contribution in [0.2, 0.25) is 0 Å². The summed E-state index contributed by atoms with van der Waals surface area (Å²) in [6.07, 6.45) is 0. The van der Waals surface area contributed by atoms with Crippen molar-refractivity contribution in [1.82, 2.24) is 5.32 Å². The van der Waals surface area contributed by atoms with Gasteiger partial charge in [-0.3, -0.25) is 9.52 Å². The zero-order chi connectivity index (χ0) is 17.7.